The number of ether oxygens (including phenoxy) is 4. The van der Waals surface area contributed by atoms with Crippen molar-refractivity contribution in [2.24, 2.45) is 0 Å². The van der Waals surface area contributed by atoms with Gasteiger partial charge in [-0.1, -0.05) is 31.0 Å². The van der Waals surface area contributed by atoms with Crippen LogP contribution in [0.3, 0.4) is 0 Å². The largest absolute Gasteiger partial charge is 0.493 e. The highest BCUT2D eigenvalue weighted by molar-refractivity contribution is 6.32. The van der Waals surface area contributed by atoms with Crippen LogP contribution in [0.4, 0.5) is 0 Å². The van der Waals surface area contributed by atoms with Gasteiger partial charge in [-0.05, 0) is 42.7 Å². The zero-order chi connectivity index (χ0) is 19.9. The van der Waals surface area contributed by atoms with Gasteiger partial charge in [-0.25, -0.2) is 0 Å². The summed E-state index contributed by atoms with van der Waals surface area (Å²) >= 11 is 6.31. The van der Waals surface area contributed by atoms with Crippen LogP contribution >= 0.6 is 11.6 Å². The van der Waals surface area contributed by atoms with Crippen LogP contribution in [-0.2, 0) is 6.42 Å². The number of hydrogen-bond donors (Lipinski definition) is 1. The number of amides is 1. The third kappa shape index (κ3) is 4.81. The lowest BCUT2D eigenvalue weighted by molar-refractivity contribution is 0.0953. The number of carbonyl (C=O) groups is 1. The molecule has 1 aliphatic rings. The molecule has 0 fully saturated rings. The molecule has 3 rings (SSSR count). The average Bonchev–Trinajstić information content (AvgIpc) is 3.16. The molecule has 1 amide bonds. The summed E-state index contributed by atoms with van der Waals surface area (Å²) < 4.78 is 21.7. The second-order valence-electron chi connectivity index (χ2n) is 6.38. The Morgan fingerprint density at radius 3 is 2.82 bits per heavy atom. The minimum atomic E-state index is -0.221. The van der Waals surface area contributed by atoms with Crippen molar-refractivity contribution in [1.82, 2.24) is 5.32 Å². The minimum Gasteiger partial charge on any atom is -0.493 e. The molecule has 0 unspecified atom stereocenters. The van der Waals surface area contributed by atoms with Gasteiger partial charge in [-0.15, -0.1) is 0 Å². The molecular weight excluding hydrogens is 382 g/mol. The third-order valence-corrected chi connectivity index (χ3v) is 4.65. The van der Waals surface area contributed by atoms with E-state index in [1.165, 1.54) is 7.11 Å². The zero-order valence-corrected chi connectivity index (χ0v) is 16.8. The maximum absolute atomic E-state index is 12.5. The van der Waals surface area contributed by atoms with Crippen molar-refractivity contribution >= 4 is 17.5 Å². The van der Waals surface area contributed by atoms with Crippen molar-refractivity contribution in [3.8, 4) is 23.0 Å². The van der Waals surface area contributed by atoms with Gasteiger partial charge in [-0.2, -0.15) is 0 Å². The second kappa shape index (κ2) is 9.55. The number of rotatable bonds is 9. The summed E-state index contributed by atoms with van der Waals surface area (Å²) in [6.07, 6.45) is 2.61. The molecule has 28 heavy (non-hydrogen) atoms. The highest BCUT2D eigenvalue weighted by atomic mass is 35.5. The van der Waals surface area contributed by atoms with Crippen LogP contribution < -0.4 is 24.3 Å². The fourth-order valence-electron chi connectivity index (χ4n) is 2.83. The van der Waals surface area contributed by atoms with Crippen LogP contribution in [0.5, 0.6) is 23.0 Å². The molecule has 2 aromatic rings. The Morgan fingerprint density at radius 2 is 2.04 bits per heavy atom. The molecule has 2 aromatic carbocycles. The first-order chi connectivity index (χ1) is 13.6. The van der Waals surface area contributed by atoms with Crippen LogP contribution in [0.15, 0.2) is 30.3 Å². The van der Waals surface area contributed by atoms with E-state index in [0.29, 0.717) is 41.7 Å². The van der Waals surface area contributed by atoms with Gasteiger partial charge in [0.25, 0.3) is 5.91 Å². The van der Waals surface area contributed by atoms with Gasteiger partial charge in [0.15, 0.2) is 23.0 Å². The number of benzene rings is 2. The molecule has 1 heterocycles. The predicted molar refractivity (Wildman–Crippen MR) is 107 cm³/mol. The van der Waals surface area contributed by atoms with E-state index in [2.05, 4.69) is 12.2 Å². The number of carbonyl (C=O) groups excluding carboxylic acids is 1. The Kier molecular flexibility index (Phi) is 6.87. The first-order valence-electron chi connectivity index (χ1n) is 9.29. The quantitative estimate of drug-likeness (QED) is 0.632. The molecule has 0 radical (unpaired) electrons. The molecule has 0 atom stereocenters. The number of methoxy groups -OCH3 is 1. The number of nitrogens with one attached hydrogen (secondary N) is 1. The first-order valence-corrected chi connectivity index (χ1v) is 9.67. The summed E-state index contributed by atoms with van der Waals surface area (Å²) in [6, 6.07) is 9.00. The van der Waals surface area contributed by atoms with Crippen LogP contribution in [0.2, 0.25) is 5.02 Å². The molecule has 0 spiro atoms. The Labute approximate surface area is 169 Å². The SMILES string of the molecule is CCCCOc1c(Cl)cc(C(=O)NCCc2ccc3c(c2)OCO3)cc1OC. The van der Waals surface area contributed by atoms with Crippen LogP contribution in [0, 0.1) is 0 Å². The van der Waals surface area contributed by atoms with E-state index < -0.39 is 0 Å². The van der Waals surface area contributed by atoms with Crippen molar-refractivity contribution < 1.29 is 23.7 Å². The maximum atomic E-state index is 12.5. The van der Waals surface area contributed by atoms with Gasteiger partial charge in [0.2, 0.25) is 6.79 Å². The number of hydrogen-bond acceptors (Lipinski definition) is 5. The van der Waals surface area contributed by atoms with Gasteiger partial charge in [0.1, 0.15) is 0 Å². The van der Waals surface area contributed by atoms with Crippen LogP contribution in [-0.4, -0.2) is 33.0 Å². The van der Waals surface area contributed by atoms with E-state index in [-0.39, 0.29) is 12.7 Å². The van der Waals surface area contributed by atoms with E-state index in [1.807, 2.05) is 18.2 Å². The Bertz CT molecular complexity index is 840. The van der Waals surface area contributed by atoms with Crippen molar-refractivity contribution in [2.75, 3.05) is 27.1 Å². The summed E-state index contributed by atoms with van der Waals surface area (Å²) in [4.78, 5) is 12.5. The molecular formula is C21H24ClNO5. The second-order valence-corrected chi connectivity index (χ2v) is 6.79. The highest BCUT2D eigenvalue weighted by Crippen LogP contribution is 2.36. The van der Waals surface area contributed by atoms with Gasteiger partial charge in [-0.3, -0.25) is 4.79 Å². The third-order valence-electron chi connectivity index (χ3n) is 4.37. The van der Waals surface area contributed by atoms with Crippen molar-refractivity contribution in [3.05, 3.63) is 46.5 Å². The summed E-state index contributed by atoms with van der Waals surface area (Å²) in [5.41, 5.74) is 1.48. The fourth-order valence-corrected chi connectivity index (χ4v) is 3.09. The lowest BCUT2D eigenvalue weighted by Crippen LogP contribution is -2.25. The fraction of sp³-hybridized carbons (Fsp3) is 0.381. The number of fused-ring (bicyclic) bond motifs is 1. The summed E-state index contributed by atoms with van der Waals surface area (Å²) in [5, 5.41) is 3.26. The van der Waals surface area contributed by atoms with Crippen molar-refractivity contribution in [2.45, 2.75) is 26.2 Å². The maximum Gasteiger partial charge on any atom is 0.251 e. The molecule has 7 heteroatoms. The lowest BCUT2D eigenvalue weighted by Gasteiger charge is -2.14. The molecule has 1 N–H and O–H groups in total. The van der Waals surface area contributed by atoms with Gasteiger partial charge < -0.3 is 24.3 Å². The average molecular weight is 406 g/mol. The number of unbranched alkanes of at least 4 members (excludes halogenated alkanes) is 1. The monoisotopic (exact) mass is 405 g/mol. The van der Waals surface area contributed by atoms with Gasteiger partial charge >= 0.3 is 0 Å². The molecule has 150 valence electrons. The Hall–Kier alpha value is -2.60. The van der Waals surface area contributed by atoms with Gasteiger partial charge in [0, 0.05) is 12.1 Å². The van der Waals surface area contributed by atoms with E-state index in [1.54, 1.807) is 12.1 Å². The van der Waals surface area contributed by atoms with E-state index in [9.17, 15) is 4.79 Å². The van der Waals surface area contributed by atoms with Crippen molar-refractivity contribution in [1.29, 1.82) is 0 Å². The molecule has 0 aromatic heterocycles. The van der Waals surface area contributed by atoms with E-state index in [4.69, 9.17) is 30.5 Å². The zero-order valence-electron chi connectivity index (χ0n) is 16.0. The lowest BCUT2D eigenvalue weighted by atomic mass is 10.1. The van der Waals surface area contributed by atoms with Crippen LogP contribution in [0.25, 0.3) is 0 Å². The minimum absolute atomic E-state index is 0.221. The molecule has 1 aliphatic heterocycles. The normalized spacial score (nSPS) is 12.0. The molecule has 0 bridgehead atoms. The Balaban J connectivity index is 1.59. The smallest absolute Gasteiger partial charge is 0.251 e. The standard InChI is InChI=1S/C21H24ClNO5/c1-3-4-9-26-20-16(22)11-15(12-19(20)25-2)21(24)23-8-7-14-5-6-17-18(10-14)28-13-27-17/h5-6,10-12H,3-4,7-9,13H2,1-2H3,(H,23,24). The molecule has 0 saturated heterocycles. The summed E-state index contributed by atoms with van der Waals surface area (Å²) in [5.74, 6) is 2.18. The van der Waals surface area contributed by atoms with E-state index in [0.717, 1.165) is 29.9 Å². The van der Waals surface area contributed by atoms with Gasteiger partial charge in [0.05, 0.1) is 18.7 Å². The van der Waals surface area contributed by atoms with Crippen molar-refractivity contribution in [3.63, 3.8) is 0 Å². The molecule has 0 saturated carbocycles. The number of halogens is 1. The van der Waals surface area contributed by atoms with Crippen LogP contribution in [0.1, 0.15) is 35.7 Å². The highest BCUT2D eigenvalue weighted by Gasteiger charge is 2.16. The summed E-state index contributed by atoms with van der Waals surface area (Å²) in [6.45, 7) is 3.36. The predicted octanol–water partition coefficient (Wildman–Crippen LogP) is 4.23. The first kappa shape index (κ1) is 20.1. The Morgan fingerprint density at radius 1 is 1.21 bits per heavy atom. The molecule has 6 nitrogen and oxygen atoms in total. The summed E-state index contributed by atoms with van der Waals surface area (Å²) in [7, 11) is 1.53. The molecule has 0 aliphatic carbocycles. The van der Waals surface area contributed by atoms with E-state index >= 15 is 0 Å². The topological polar surface area (TPSA) is 66.0 Å².